The van der Waals surface area contributed by atoms with Crippen molar-refractivity contribution in [3.05, 3.63) is 0 Å². The third kappa shape index (κ3) is 8.60. The molecule has 1 unspecified atom stereocenters. The highest BCUT2D eigenvalue weighted by Crippen LogP contribution is 2.04. The summed E-state index contributed by atoms with van der Waals surface area (Å²) in [5.74, 6) is 1.91. The molecule has 1 atom stereocenters. The van der Waals surface area contributed by atoms with Crippen LogP contribution in [-0.4, -0.2) is 43.1 Å². The summed E-state index contributed by atoms with van der Waals surface area (Å²) in [6.45, 7) is 6.62. The zero-order chi connectivity index (χ0) is 10.3. The van der Waals surface area contributed by atoms with Crippen LogP contribution >= 0.6 is 11.8 Å². The van der Waals surface area contributed by atoms with E-state index >= 15 is 0 Å². The van der Waals surface area contributed by atoms with Crippen LogP contribution in [0.5, 0.6) is 0 Å². The van der Waals surface area contributed by atoms with E-state index in [1.54, 1.807) is 0 Å². The van der Waals surface area contributed by atoms with Gasteiger partial charge in [0, 0.05) is 24.9 Å². The van der Waals surface area contributed by atoms with Gasteiger partial charge in [-0.2, -0.15) is 11.8 Å². The first-order valence-electron chi connectivity index (χ1n) is 4.99. The predicted molar refractivity (Wildman–Crippen MR) is 63.3 cm³/mol. The van der Waals surface area contributed by atoms with Crippen molar-refractivity contribution in [3.8, 4) is 0 Å². The van der Waals surface area contributed by atoms with Crippen molar-refractivity contribution in [1.82, 2.24) is 4.90 Å². The van der Waals surface area contributed by atoms with E-state index in [-0.39, 0.29) is 0 Å². The number of nitrogens with two attached hydrogens (primary N) is 1. The molecule has 80 valence electrons. The second-order valence-corrected chi connectivity index (χ2v) is 5.13. The molecule has 3 heteroatoms. The molecule has 0 aromatic heterocycles. The molecule has 0 radical (unpaired) electrons. The van der Waals surface area contributed by atoms with Crippen LogP contribution in [0.3, 0.4) is 0 Å². The van der Waals surface area contributed by atoms with Crippen LogP contribution < -0.4 is 5.73 Å². The van der Waals surface area contributed by atoms with Gasteiger partial charge in [0.25, 0.3) is 0 Å². The topological polar surface area (TPSA) is 29.3 Å². The SMILES string of the molecule is CSCCN(C)CC(N)CC(C)C. The molecule has 2 N–H and O–H groups in total. The molecule has 0 saturated heterocycles. The lowest BCUT2D eigenvalue weighted by Gasteiger charge is -2.21. The zero-order valence-electron chi connectivity index (χ0n) is 9.42. The number of rotatable bonds is 7. The van der Waals surface area contributed by atoms with Crippen molar-refractivity contribution in [2.24, 2.45) is 11.7 Å². The molecular formula is C10H24N2S. The standard InChI is InChI=1S/C10H24N2S/c1-9(2)7-10(11)8-12(3)5-6-13-4/h9-10H,5-8,11H2,1-4H3. The fourth-order valence-electron chi connectivity index (χ4n) is 1.42. The molecule has 0 aromatic carbocycles. The van der Waals surface area contributed by atoms with Crippen LogP contribution in [0.1, 0.15) is 20.3 Å². The Morgan fingerprint density at radius 3 is 2.46 bits per heavy atom. The van der Waals surface area contributed by atoms with Gasteiger partial charge in [-0.25, -0.2) is 0 Å². The Kier molecular flexibility index (Phi) is 7.81. The van der Waals surface area contributed by atoms with E-state index in [1.165, 1.54) is 5.75 Å². The first-order valence-corrected chi connectivity index (χ1v) is 6.38. The summed E-state index contributed by atoms with van der Waals surface area (Å²) in [6, 6.07) is 0.340. The Hall–Kier alpha value is 0.270. The second kappa shape index (κ2) is 7.65. The number of thioether (sulfide) groups is 1. The molecule has 0 aliphatic carbocycles. The third-order valence-electron chi connectivity index (χ3n) is 2.00. The van der Waals surface area contributed by atoms with E-state index in [0.717, 1.165) is 19.5 Å². The molecule has 0 heterocycles. The van der Waals surface area contributed by atoms with Gasteiger partial charge in [-0.3, -0.25) is 0 Å². The van der Waals surface area contributed by atoms with Gasteiger partial charge in [0.05, 0.1) is 0 Å². The van der Waals surface area contributed by atoms with E-state index in [9.17, 15) is 0 Å². The summed E-state index contributed by atoms with van der Waals surface area (Å²) in [4.78, 5) is 2.32. The highest BCUT2D eigenvalue weighted by atomic mass is 32.2. The molecule has 0 bridgehead atoms. The number of hydrogen-bond acceptors (Lipinski definition) is 3. The van der Waals surface area contributed by atoms with Crippen LogP contribution in [0.4, 0.5) is 0 Å². The Morgan fingerprint density at radius 2 is 2.00 bits per heavy atom. The van der Waals surface area contributed by atoms with Crippen LogP contribution in [0, 0.1) is 5.92 Å². The Morgan fingerprint density at radius 1 is 1.38 bits per heavy atom. The average molecular weight is 204 g/mol. The van der Waals surface area contributed by atoms with Crippen molar-refractivity contribution in [2.45, 2.75) is 26.3 Å². The lowest BCUT2D eigenvalue weighted by atomic mass is 10.0. The fraction of sp³-hybridized carbons (Fsp3) is 1.00. The van der Waals surface area contributed by atoms with Crippen LogP contribution in [0.15, 0.2) is 0 Å². The van der Waals surface area contributed by atoms with E-state index in [1.807, 2.05) is 11.8 Å². The van der Waals surface area contributed by atoms with Crippen molar-refractivity contribution in [3.63, 3.8) is 0 Å². The Bertz CT molecular complexity index is 117. The summed E-state index contributed by atoms with van der Waals surface area (Å²) < 4.78 is 0. The number of hydrogen-bond donors (Lipinski definition) is 1. The summed E-state index contributed by atoms with van der Waals surface area (Å²) >= 11 is 1.89. The van der Waals surface area contributed by atoms with Crippen LogP contribution in [0.2, 0.25) is 0 Å². The molecule has 0 aliphatic heterocycles. The quantitative estimate of drug-likeness (QED) is 0.684. The van der Waals surface area contributed by atoms with Crippen molar-refractivity contribution in [2.75, 3.05) is 32.1 Å². The zero-order valence-corrected chi connectivity index (χ0v) is 10.2. The number of likely N-dealkylation sites (N-methyl/N-ethyl adjacent to an activating group) is 1. The van der Waals surface area contributed by atoms with Crippen molar-refractivity contribution < 1.29 is 0 Å². The largest absolute Gasteiger partial charge is 0.327 e. The van der Waals surface area contributed by atoms with Crippen molar-refractivity contribution in [1.29, 1.82) is 0 Å². The maximum Gasteiger partial charge on any atom is 0.0170 e. The average Bonchev–Trinajstić information content (AvgIpc) is 1.98. The summed E-state index contributed by atoms with van der Waals surface area (Å²) in [5, 5.41) is 0. The minimum Gasteiger partial charge on any atom is -0.327 e. The maximum absolute atomic E-state index is 6.00. The molecule has 13 heavy (non-hydrogen) atoms. The van der Waals surface area contributed by atoms with E-state index in [0.29, 0.717) is 12.0 Å². The van der Waals surface area contributed by atoms with Crippen molar-refractivity contribution >= 4 is 11.8 Å². The normalized spacial score (nSPS) is 14.1. The summed E-state index contributed by atoms with van der Waals surface area (Å²) in [7, 11) is 2.15. The van der Waals surface area contributed by atoms with E-state index in [4.69, 9.17) is 5.73 Å². The monoisotopic (exact) mass is 204 g/mol. The molecule has 0 spiro atoms. The van der Waals surface area contributed by atoms with Gasteiger partial charge in [-0.05, 0) is 25.6 Å². The molecule has 0 rings (SSSR count). The van der Waals surface area contributed by atoms with E-state index in [2.05, 4.69) is 32.1 Å². The summed E-state index contributed by atoms with van der Waals surface area (Å²) in [5.41, 5.74) is 6.00. The minimum absolute atomic E-state index is 0.340. The fourth-order valence-corrected chi connectivity index (χ4v) is 1.91. The lowest BCUT2D eigenvalue weighted by molar-refractivity contribution is 0.309. The van der Waals surface area contributed by atoms with Gasteiger partial charge in [-0.1, -0.05) is 13.8 Å². The molecule has 0 aliphatic rings. The molecule has 0 amide bonds. The Balaban J connectivity index is 3.46. The van der Waals surface area contributed by atoms with Gasteiger partial charge in [0.2, 0.25) is 0 Å². The highest BCUT2D eigenvalue weighted by molar-refractivity contribution is 7.98. The van der Waals surface area contributed by atoms with Gasteiger partial charge < -0.3 is 10.6 Å². The first-order chi connectivity index (χ1) is 6.06. The first kappa shape index (κ1) is 13.3. The third-order valence-corrected chi connectivity index (χ3v) is 2.59. The highest BCUT2D eigenvalue weighted by Gasteiger charge is 2.07. The molecule has 0 aromatic rings. The van der Waals surface area contributed by atoms with Crippen LogP contribution in [-0.2, 0) is 0 Å². The van der Waals surface area contributed by atoms with Gasteiger partial charge in [0.1, 0.15) is 0 Å². The van der Waals surface area contributed by atoms with Gasteiger partial charge in [0.15, 0.2) is 0 Å². The predicted octanol–water partition coefficient (Wildman–Crippen LogP) is 1.65. The smallest absolute Gasteiger partial charge is 0.0170 e. The van der Waals surface area contributed by atoms with Crippen LogP contribution in [0.25, 0.3) is 0 Å². The number of nitrogens with zero attached hydrogens (tertiary/aromatic N) is 1. The maximum atomic E-state index is 6.00. The summed E-state index contributed by atoms with van der Waals surface area (Å²) in [6.07, 6.45) is 3.27. The van der Waals surface area contributed by atoms with E-state index < -0.39 is 0 Å². The minimum atomic E-state index is 0.340. The van der Waals surface area contributed by atoms with Gasteiger partial charge >= 0.3 is 0 Å². The lowest BCUT2D eigenvalue weighted by Crippen LogP contribution is -2.37. The molecule has 0 fully saturated rings. The molecular weight excluding hydrogens is 180 g/mol. The Labute approximate surface area is 87.2 Å². The second-order valence-electron chi connectivity index (χ2n) is 4.14. The molecule has 0 saturated carbocycles. The molecule has 2 nitrogen and oxygen atoms in total. The van der Waals surface area contributed by atoms with Gasteiger partial charge in [-0.15, -0.1) is 0 Å².